The van der Waals surface area contributed by atoms with Crippen molar-refractivity contribution in [2.45, 2.75) is 19.3 Å². The first-order valence-electron chi connectivity index (χ1n) is 3.52. The maximum Gasteiger partial charge on any atom is 0.0754 e. The lowest BCUT2D eigenvalue weighted by atomic mass is 10.2. The first-order valence-corrected chi connectivity index (χ1v) is 3.52. The second kappa shape index (κ2) is 6.93. The maximum atomic E-state index is 8.50. The summed E-state index contributed by atoms with van der Waals surface area (Å²) in [5.74, 6) is 8.12. The van der Waals surface area contributed by atoms with Crippen LogP contribution < -0.4 is 0 Å². The Kier molecular flexibility index (Phi) is 6.19. The molecule has 0 spiro atoms. The number of rotatable bonds is 3. The van der Waals surface area contributed by atoms with E-state index in [1.54, 1.807) is 0 Å². The molecule has 0 aromatic carbocycles. The van der Waals surface area contributed by atoms with Gasteiger partial charge >= 0.3 is 0 Å². The molecule has 0 aromatic heterocycles. The van der Waals surface area contributed by atoms with E-state index in [1.165, 1.54) is 0 Å². The Balaban J connectivity index is 3.42. The molecule has 0 fully saturated rings. The summed E-state index contributed by atoms with van der Waals surface area (Å²) in [6.45, 7) is 3.47. The summed E-state index contributed by atoms with van der Waals surface area (Å²) in [4.78, 5) is 0. The highest BCUT2D eigenvalue weighted by molar-refractivity contribution is 5.25. The molecule has 0 aliphatic rings. The van der Waals surface area contributed by atoms with Gasteiger partial charge in [-0.25, -0.2) is 0 Å². The van der Waals surface area contributed by atoms with Crippen LogP contribution in [0.25, 0.3) is 0 Å². The maximum absolute atomic E-state index is 8.50. The van der Waals surface area contributed by atoms with E-state index in [0.717, 1.165) is 19.3 Å². The summed E-state index contributed by atoms with van der Waals surface area (Å²) in [5, 5.41) is 8.50. The van der Waals surface area contributed by atoms with Crippen LogP contribution in [-0.2, 0) is 0 Å². The van der Waals surface area contributed by atoms with E-state index in [0.29, 0.717) is 5.57 Å². The highest BCUT2D eigenvalue weighted by Gasteiger charge is 1.81. The van der Waals surface area contributed by atoms with Gasteiger partial charge in [-0.1, -0.05) is 18.4 Å². The van der Waals surface area contributed by atoms with Crippen LogP contribution in [-0.4, -0.2) is 11.7 Å². The number of aliphatic hydroxyl groups is 1. The van der Waals surface area contributed by atoms with Crippen LogP contribution in [0.4, 0.5) is 0 Å². The molecule has 0 heterocycles. The zero-order valence-electron chi connectivity index (χ0n) is 6.56. The molecule has 0 radical (unpaired) electrons. The summed E-state index contributed by atoms with van der Waals surface area (Å²) in [6.07, 6.45) is 7.50. The molecule has 0 saturated carbocycles. The number of unbranched alkanes of at least 4 members (excludes halogenated alkanes) is 2. The van der Waals surface area contributed by atoms with Crippen LogP contribution in [0.2, 0.25) is 0 Å². The predicted molar refractivity (Wildman–Crippen MR) is 46.7 cm³/mol. The van der Waals surface area contributed by atoms with Gasteiger partial charge in [-0.05, 0) is 6.42 Å². The lowest BCUT2D eigenvalue weighted by molar-refractivity contribution is 0.336. The molecule has 0 saturated heterocycles. The first-order chi connectivity index (χ1) is 5.31. The summed E-state index contributed by atoms with van der Waals surface area (Å²) >= 11 is 0. The molecule has 0 unspecified atom stereocenters. The monoisotopic (exact) mass is 148 g/mol. The smallest absolute Gasteiger partial charge is 0.0754 e. The Morgan fingerprint density at radius 2 is 2.18 bits per heavy atom. The Hall–Kier alpha value is -1.18. The van der Waals surface area contributed by atoms with Crippen molar-refractivity contribution in [3.05, 3.63) is 12.2 Å². The molecule has 58 valence electrons. The van der Waals surface area contributed by atoms with Gasteiger partial charge in [0.25, 0.3) is 0 Å². The van der Waals surface area contributed by atoms with Crippen LogP contribution in [0, 0.1) is 24.2 Å². The molecule has 11 heavy (non-hydrogen) atoms. The van der Waals surface area contributed by atoms with Crippen molar-refractivity contribution in [3.8, 4) is 24.2 Å². The average molecular weight is 148 g/mol. The lowest BCUT2D eigenvalue weighted by Gasteiger charge is -1.86. The van der Waals surface area contributed by atoms with Crippen LogP contribution in [0.3, 0.4) is 0 Å². The SMILES string of the molecule is C#CCCCC#CC(=C)CO. The minimum atomic E-state index is -0.0534. The molecule has 0 rings (SSSR count). The molecule has 1 N–H and O–H groups in total. The fourth-order valence-electron chi connectivity index (χ4n) is 0.506. The van der Waals surface area contributed by atoms with Crippen molar-refractivity contribution in [3.63, 3.8) is 0 Å². The highest BCUT2D eigenvalue weighted by atomic mass is 16.3. The molecule has 0 aromatic rings. The topological polar surface area (TPSA) is 20.2 Å². The van der Waals surface area contributed by atoms with Crippen LogP contribution in [0.5, 0.6) is 0 Å². The van der Waals surface area contributed by atoms with Crippen LogP contribution in [0.15, 0.2) is 12.2 Å². The molecular weight excluding hydrogens is 136 g/mol. The minimum Gasteiger partial charge on any atom is -0.391 e. The third-order valence-electron chi connectivity index (χ3n) is 1.08. The second-order valence-electron chi connectivity index (χ2n) is 2.12. The Bertz CT molecular complexity index is 209. The lowest BCUT2D eigenvalue weighted by Crippen LogP contribution is -1.82. The standard InChI is InChI=1S/C10H12O/c1-3-4-5-6-7-8-10(2)9-11/h1,11H,2,4-6,9H2. The van der Waals surface area contributed by atoms with E-state index >= 15 is 0 Å². The minimum absolute atomic E-state index is 0.0534. The van der Waals surface area contributed by atoms with Crippen LogP contribution >= 0.6 is 0 Å². The van der Waals surface area contributed by atoms with Gasteiger partial charge in [-0.15, -0.1) is 12.3 Å². The third-order valence-corrected chi connectivity index (χ3v) is 1.08. The van der Waals surface area contributed by atoms with Gasteiger partial charge in [0.05, 0.1) is 6.61 Å². The molecule has 0 aliphatic heterocycles. The Morgan fingerprint density at radius 3 is 2.73 bits per heavy atom. The van der Waals surface area contributed by atoms with Gasteiger partial charge in [0, 0.05) is 18.4 Å². The van der Waals surface area contributed by atoms with E-state index < -0.39 is 0 Å². The Morgan fingerprint density at radius 1 is 1.45 bits per heavy atom. The highest BCUT2D eigenvalue weighted by Crippen LogP contribution is 1.91. The number of hydrogen-bond donors (Lipinski definition) is 1. The number of hydrogen-bond acceptors (Lipinski definition) is 1. The van der Waals surface area contributed by atoms with Crippen molar-refractivity contribution in [2.24, 2.45) is 0 Å². The van der Waals surface area contributed by atoms with E-state index in [2.05, 4.69) is 24.3 Å². The first kappa shape index (κ1) is 9.82. The molecule has 0 atom stereocenters. The molecule has 0 bridgehead atoms. The average Bonchev–Trinajstić information content (AvgIpc) is 2.04. The van der Waals surface area contributed by atoms with Crippen LogP contribution in [0.1, 0.15) is 19.3 Å². The van der Waals surface area contributed by atoms with Gasteiger partial charge in [0.2, 0.25) is 0 Å². The van der Waals surface area contributed by atoms with Gasteiger partial charge in [0.15, 0.2) is 0 Å². The summed E-state index contributed by atoms with van der Waals surface area (Å²) in [6, 6.07) is 0. The zero-order valence-corrected chi connectivity index (χ0v) is 6.56. The second-order valence-corrected chi connectivity index (χ2v) is 2.12. The van der Waals surface area contributed by atoms with Crippen molar-refractivity contribution >= 4 is 0 Å². The largest absolute Gasteiger partial charge is 0.391 e. The predicted octanol–water partition coefficient (Wildman–Crippen LogP) is 1.34. The van der Waals surface area contributed by atoms with E-state index in [1.807, 2.05) is 0 Å². The van der Waals surface area contributed by atoms with Crippen molar-refractivity contribution in [1.29, 1.82) is 0 Å². The van der Waals surface area contributed by atoms with Crippen molar-refractivity contribution in [1.82, 2.24) is 0 Å². The fourth-order valence-corrected chi connectivity index (χ4v) is 0.506. The molecule has 1 heteroatoms. The van der Waals surface area contributed by atoms with Gasteiger partial charge in [-0.2, -0.15) is 0 Å². The molecule has 1 nitrogen and oxygen atoms in total. The van der Waals surface area contributed by atoms with E-state index in [4.69, 9.17) is 11.5 Å². The fraction of sp³-hybridized carbons (Fsp3) is 0.400. The molecule has 0 amide bonds. The third kappa shape index (κ3) is 6.71. The summed E-state index contributed by atoms with van der Waals surface area (Å²) in [7, 11) is 0. The quantitative estimate of drug-likeness (QED) is 0.473. The van der Waals surface area contributed by atoms with Crippen molar-refractivity contribution < 1.29 is 5.11 Å². The Labute approximate surface area is 68.1 Å². The zero-order chi connectivity index (χ0) is 8.53. The summed E-state index contributed by atoms with van der Waals surface area (Å²) in [5.41, 5.74) is 0.561. The van der Waals surface area contributed by atoms with Gasteiger partial charge in [0.1, 0.15) is 0 Å². The summed E-state index contributed by atoms with van der Waals surface area (Å²) < 4.78 is 0. The number of aliphatic hydroxyl groups excluding tert-OH is 1. The molecule has 0 aliphatic carbocycles. The van der Waals surface area contributed by atoms with Crippen molar-refractivity contribution in [2.75, 3.05) is 6.61 Å². The van der Waals surface area contributed by atoms with Gasteiger partial charge < -0.3 is 5.11 Å². The number of terminal acetylenes is 1. The van der Waals surface area contributed by atoms with E-state index in [9.17, 15) is 0 Å². The van der Waals surface area contributed by atoms with Gasteiger partial charge in [-0.3, -0.25) is 0 Å². The normalized spacial score (nSPS) is 7.64. The van der Waals surface area contributed by atoms with E-state index in [-0.39, 0.29) is 6.61 Å². The molecular formula is C10H12O.